The normalized spacial score (nSPS) is 21.1. The maximum Gasteiger partial charge on any atom is 0.0481 e. The molecule has 1 saturated heterocycles. The van der Waals surface area contributed by atoms with E-state index in [0.717, 1.165) is 0 Å². The second-order valence-corrected chi connectivity index (χ2v) is 5.58. The fraction of sp³-hybridized carbons (Fsp3) is 0.500. The van der Waals surface area contributed by atoms with E-state index >= 15 is 0 Å². The Labute approximate surface area is 115 Å². The minimum atomic E-state index is 0.432. The average Bonchev–Trinajstić information content (AvgIpc) is 3.05. The molecule has 2 heterocycles. The van der Waals surface area contributed by atoms with Gasteiger partial charge < -0.3 is 15.2 Å². The minimum Gasteiger partial charge on any atom is -0.350 e. The lowest BCUT2D eigenvalue weighted by Crippen LogP contribution is -2.28. The number of nitrogens with one attached hydrogen (secondary N) is 2. The fourth-order valence-corrected chi connectivity index (χ4v) is 3.29. The van der Waals surface area contributed by atoms with Gasteiger partial charge >= 0.3 is 0 Å². The van der Waals surface area contributed by atoms with Crippen LogP contribution in [0, 0.1) is 0 Å². The zero-order valence-electron chi connectivity index (χ0n) is 11.8. The topological polar surface area (TPSA) is 29.0 Å². The predicted octanol–water partition coefficient (Wildman–Crippen LogP) is 2.58. The van der Waals surface area contributed by atoms with Gasteiger partial charge in [-0.2, -0.15) is 0 Å². The lowest BCUT2D eigenvalue weighted by Gasteiger charge is -2.20. The van der Waals surface area contributed by atoms with E-state index in [2.05, 4.69) is 59.8 Å². The number of hydrogen-bond acceptors (Lipinski definition) is 2. The Bertz CT molecular complexity index is 552. The van der Waals surface area contributed by atoms with Gasteiger partial charge in [0.1, 0.15) is 0 Å². The molecule has 0 saturated carbocycles. The SMILES string of the molecule is CNC(CC1CCCN1)c1cn(C)c2ccccc12. The summed E-state index contributed by atoms with van der Waals surface area (Å²) in [7, 11) is 4.20. The highest BCUT2D eigenvalue weighted by Crippen LogP contribution is 2.29. The fourth-order valence-electron chi connectivity index (χ4n) is 3.29. The third-order valence-corrected chi connectivity index (χ3v) is 4.33. The summed E-state index contributed by atoms with van der Waals surface area (Å²) in [5.74, 6) is 0. The van der Waals surface area contributed by atoms with Crippen LogP contribution in [-0.2, 0) is 7.05 Å². The number of benzene rings is 1. The van der Waals surface area contributed by atoms with Crippen molar-refractivity contribution in [3.63, 3.8) is 0 Å². The molecule has 1 aliphatic heterocycles. The highest BCUT2D eigenvalue weighted by Gasteiger charge is 2.22. The summed E-state index contributed by atoms with van der Waals surface area (Å²) in [6, 6.07) is 9.76. The minimum absolute atomic E-state index is 0.432. The number of nitrogens with zero attached hydrogens (tertiary/aromatic N) is 1. The Hall–Kier alpha value is -1.32. The Kier molecular flexibility index (Phi) is 3.58. The number of para-hydroxylation sites is 1. The Balaban J connectivity index is 1.92. The molecule has 3 rings (SSSR count). The van der Waals surface area contributed by atoms with Gasteiger partial charge in [0.2, 0.25) is 0 Å². The van der Waals surface area contributed by atoms with Crippen molar-refractivity contribution in [2.45, 2.75) is 31.3 Å². The van der Waals surface area contributed by atoms with Crippen LogP contribution in [-0.4, -0.2) is 24.2 Å². The molecular formula is C16H23N3. The zero-order chi connectivity index (χ0) is 13.2. The van der Waals surface area contributed by atoms with Gasteiger partial charge in [-0.25, -0.2) is 0 Å². The summed E-state index contributed by atoms with van der Waals surface area (Å²) < 4.78 is 2.23. The molecule has 2 unspecified atom stereocenters. The highest BCUT2D eigenvalue weighted by molar-refractivity contribution is 5.84. The summed E-state index contributed by atoms with van der Waals surface area (Å²) in [4.78, 5) is 0. The van der Waals surface area contributed by atoms with Crippen molar-refractivity contribution in [3.05, 3.63) is 36.0 Å². The smallest absolute Gasteiger partial charge is 0.0481 e. The van der Waals surface area contributed by atoms with Crippen molar-refractivity contribution in [1.29, 1.82) is 0 Å². The van der Waals surface area contributed by atoms with Gasteiger partial charge in [0.25, 0.3) is 0 Å². The number of aryl methyl sites for hydroxylation is 1. The van der Waals surface area contributed by atoms with E-state index in [4.69, 9.17) is 0 Å². The first-order valence-corrected chi connectivity index (χ1v) is 7.24. The van der Waals surface area contributed by atoms with Crippen molar-refractivity contribution < 1.29 is 0 Å². The van der Waals surface area contributed by atoms with Gasteiger partial charge in [-0.15, -0.1) is 0 Å². The van der Waals surface area contributed by atoms with Crippen LogP contribution in [0.1, 0.15) is 30.9 Å². The van der Waals surface area contributed by atoms with E-state index < -0.39 is 0 Å². The van der Waals surface area contributed by atoms with E-state index in [-0.39, 0.29) is 0 Å². The van der Waals surface area contributed by atoms with Crippen LogP contribution in [0.3, 0.4) is 0 Å². The van der Waals surface area contributed by atoms with E-state index in [9.17, 15) is 0 Å². The summed E-state index contributed by atoms with van der Waals surface area (Å²) in [5, 5.41) is 8.47. The molecule has 1 aliphatic rings. The number of fused-ring (bicyclic) bond motifs is 1. The summed E-state index contributed by atoms with van der Waals surface area (Å²) in [5.41, 5.74) is 2.74. The quantitative estimate of drug-likeness (QED) is 0.881. The molecule has 0 bridgehead atoms. The van der Waals surface area contributed by atoms with Gasteiger partial charge in [-0.05, 0) is 44.5 Å². The molecule has 0 aliphatic carbocycles. The third-order valence-electron chi connectivity index (χ3n) is 4.33. The molecule has 2 N–H and O–H groups in total. The number of rotatable bonds is 4. The van der Waals surface area contributed by atoms with Gasteiger partial charge in [0.05, 0.1) is 0 Å². The van der Waals surface area contributed by atoms with Crippen molar-refractivity contribution in [1.82, 2.24) is 15.2 Å². The first-order valence-electron chi connectivity index (χ1n) is 7.24. The van der Waals surface area contributed by atoms with Crippen LogP contribution in [0.25, 0.3) is 10.9 Å². The second-order valence-electron chi connectivity index (χ2n) is 5.58. The largest absolute Gasteiger partial charge is 0.350 e. The van der Waals surface area contributed by atoms with Crippen molar-refractivity contribution in [2.24, 2.45) is 7.05 Å². The monoisotopic (exact) mass is 257 g/mol. The number of hydrogen-bond donors (Lipinski definition) is 2. The molecule has 0 amide bonds. The Morgan fingerprint density at radius 1 is 1.42 bits per heavy atom. The lowest BCUT2D eigenvalue weighted by molar-refractivity contribution is 0.455. The Morgan fingerprint density at radius 3 is 3.00 bits per heavy atom. The molecule has 19 heavy (non-hydrogen) atoms. The zero-order valence-corrected chi connectivity index (χ0v) is 11.8. The standard InChI is InChI=1S/C16H23N3/c1-17-15(10-12-6-5-9-18-12)14-11-19(2)16-8-4-3-7-13(14)16/h3-4,7-8,11-12,15,17-18H,5-6,9-10H2,1-2H3. The lowest BCUT2D eigenvalue weighted by atomic mass is 9.98. The molecule has 2 aromatic rings. The Morgan fingerprint density at radius 2 is 2.26 bits per heavy atom. The molecule has 1 fully saturated rings. The van der Waals surface area contributed by atoms with Crippen LogP contribution in [0.2, 0.25) is 0 Å². The molecule has 3 nitrogen and oxygen atoms in total. The maximum atomic E-state index is 3.60. The summed E-state index contributed by atoms with van der Waals surface area (Å²) in [6.45, 7) is 1.18. The average molecular weight is 257 g/mol. The van der Waals surface area contributed by atoms with Crippen LogP contribution >= 0.6 is 0 Å². The molecular weight excluding hydrogens is 234 g/mol. The summed E-state index contributed by atoms with van der Waals surface area (Å²) >= 11 is 0. The van der Waals surface area contributed by atoms with Gasteiger partial charge in [0.15, 0.2) is 0 Å². The van der Waals surface area contributed by atoms with E-state index in [1.165, 1.54) is 42.3 Å². The second kappa shape index (κ2) is 5.35. The van der Waals surface area contributed by atoms with Gasteiger partial charge in [0, 0.05) is 36.2 Å². The van der Waals surface area contributed by atoms with Gasteiger partial charge in [-0.3, -0.25) is 0 Å². The molecule has 2 atom stereocenters. The molecule has 1 aromatic heterocycles. The first-order chi connectivity index (χ1) is 9.29. The molecule has 1 aromatic carbocycles. The summed E-state index contributed by atoms with van der Waals surface area (Å²) in [6.07, 6.45) is 6.07. The van der Waals surface area contributed by atoms with E-state index in [0.29, 0.717) is 12.1 Å². The van der Waals surface area contributed by atoms with Crippen LogP contribution < -0.4 is 10.6 Å². The van der Waals surface area contributed by atoms with Crippen molar-refractivity contribution >= 4 is 10.9 Å². The molecule has 0 spiro atoms. The van der Waals surface area contributed by atoms with E-state index in [1.54, 1.807) is 0 Å². The van der Waals surface area contributed by atoms with Gasteiger partial charge in [-0.1, -0.05) is 18.2 Å². The van der Waals surface area contributed by atoms with Crippen molar-refractivity contribution in [2.75, 3.05) is 13.6 Å². The molecule has 102 valence electrons. The highest BCUT2D eigenvalue weighted by atomic mass is 15.0. The molecule has 3 heteroatoms. The number of aromatic nitrogens is 1. The molecule has 0 radical (unpaired) electrons. The van der Waals surface area contributed by atoms with Crippen LogP contribution in [0.4, 0.5) is 0 Å². The maximum absolute atomic E-state index is 3.60. The van der Waals surface area contributed by atoms with Crippen LogP contribution in [0.15, 0.2) is 30.5 Å². The van der Waals surface area contributed by atoms with Crippen LogP contribution in [0.5, 0.6) is 0 Å². The first kappa shape index (κ1) is 12.7. The predicted molar refractivity (Wildman–Crippen MR) is 80.4 cm³/mol. The van der Waals surface area contributed by atoms with E-state index in [1.807, 2.05) is 0 Å². The van der Waals surface area contributed by atoms with Crippen molar-refractivity contribution in [3.8, 4) is 0 Å². The third kappa shape index (κ3) is 2.40.